The standard InChI is InChI=1S/C10H20N2OS/c1-9-8-14(13)6-5-12(9)7-10-3-2-4-11-10/h9-11H,2-8H2,1H3/t9?,10-,14?/m0/s1. The second-order valence-corrected chi connectivity index (χ2v) is 6.07. The first kappa shape index (κ1) is 10.6. The third kappa shape index (κ3) is 2.55. The summed E-state index contributed by atoms with van der Waals surface area (Å²) < 4.78 is 11.3. The highest BCUT2D eigenvalue weighted by atomic mass is 32.2. The molecule has 2 rings (SSSR count). The summed E-state index contributed by atoms with van der Waals surface area (Å²) in [5, 5.41) is 3.52. The minimum Gasteiger partial charge on any atom is -0.313 e. The van der Waals surface area contributed by atoms with Gasteiger partial charge in [0.1, 0.15) is 0 Å². The van der Waals surface area contributed by atoms with Gasteiger partial charge in [-0.1, -0.05) is 0 Å². The molecule has 14 heavy (non-hydrogen) atoms. The normalized spacial score (nSPS) is 40.2. The molecule has 2 heterocycles. The van der Waals surface area contributed by atoms with Crippen molar-refractivity contribution in [3.8, 4) is 0 Å². The summed E-state index contributed by atoms with van der Waals surface area (Å²) in [5.74, 6) is 1.74. The van der Waals surface area contributed by atoms with Crippen LogP contribution in [0.2, 0.25) is 0 Å². The van der Waals surface area contributed by atoms with E-state index in [4.69, 9.17) is 0 Å². The summed E-state index contributed by atoms with van der Waals surface area (Å²) in [6.07, 6.45) is 2.63. The average Bonchev–Trinajstić information content (AvgIpc) is 2.62. The largest absolute Gasteiger partial charge is 0.313 e. The van der Waals surface area contributed by atoms with Gasteiger partial charge in [-0.05, 0) is 26.3 Å². The molecule has 82 valence electrons. The topological polar surface area (TPSA) is 32.3 Å². The molecule has 2 aliphatic heterocycles. The van der Waals surface area contributed by atoms with Crippen molar-refractivity contribution in [2.75, 3.05) is 31.1 Å². The van der Waals surface area contributed by atoms with Crippen LogP contribution in [0.4, 0.5) is 0 Å². The smallest absolute Gasteiger partial charge is 0.0388 e. The van der Waals surface area contributed by atoms with E-state index >= 15 is 0 Å². The summed E-state index contributed by atoms with van der Waals surface area (Å²) in [6.45, 7) is 5.55. The SMILES string of the molecule is CC1CS(=O)CCN1C[C@@H]1CCCN1. The first-order chi connectivity index (χ1) is 6.75. The molecule has 2 fully saturated rings. The molecular weight excluding hydrogens is 196 g/mol. The van der Waals surface area contributed by atoms with Gasteiger partial charge in [0.2, 0.25) is 0 Å². The molecule has 0 aromatic rings. The molecule has 0 bridgehead atoms. The molecule has 0 spiro atoms. The molecule has 2 aliphatic rings. The Hall–Kier alpha value is 0.0700. The Bertz CT molecular complexity index is 216. The predicted octanol–water partition coefficient (Wildman–Crippen LogP) is 0.191. The molecule has 0 aromatic heterocycles. The number of nitrogens with zero attached hydrogens (tertiary/aromatic N) is 1. The van der Waals surface area contributed by atoms with Gasteiger partial charge in [0, 0.05) is 47.5 Å². The van der Waals surface area contributed by atoms with Crippen molar-refractivity contribution in [2.24, 2.45) is 0 Å². The van der Waals surface area contributed by atoms with E-state index in [9.17, 15) is 4.21 Å². The fraction of sp³-hybridized carbons (Fsp3) is 1.00. The molecule has 3 nitrogen and oxygen atoms in total. The van der Waals surface area contributed by atoms with Gasteiger partial charge in [-0.15, -0.1) is 0 Å². The molecule has 0 aromatic carbocycles. The van der Waals surface area contributed by atoms with Gasteiger partial charge in [0.25, 0.3) is 0 Å². The highest BCUT2D eigenvalue weighted by Gasteiger charge is 2.25. The van der Waals surface area contributed by atoms with E-state index in [1.165, 1.54) is 19.4 Å². The Morgan fingerprint density at radius 1 is 1.57 bits per heavy atom. The first-order valence-corrected chi connectivity index (χ1v) is 7.07. The lowest BCUT2D eigenvalue weighted by molar-refractivity contribution is 0.210. The zero-order valence-corrected chi connectivity index (χ0v) is 9.68. The highest BCUT2D eigenvalue weighted by Crippen LogP contribution is 2.13. The van der Waals surface area contributed by atoms with Crippen LogP contribution in [-0.4, -0.2) is 52.3 Å². The Labute approximate surface area is 88.7 Å². The molecule has 2 unspecified atom stereocenters. The molecule has 0 amide bonds. The predicted molar refractivity (Wildman–Crippen MR) is 59.9 cm³/mol. The molecule has 1 N–H and O–H groups in total. The number of rotatable bonds is 2. The van der Waals surface area contributed by atoms with Crippen molar-refractivity contribution < 1.29 is 4.21 Å². The third-order valence-electron chi connectivity index (χ3n) is 3.27. The van der Waals surface area contributed by atoms with Gasteiger partial charge >= 0.3 is 0 Å². The number of hydrogen-bond acceptors (Lipinski definition) is 3. The first-order valence-electron chi connectivity index (χ1n) is 5.58. The lowest BCUT2D eigenvalue weighted by atomic mass is 10.2. The Balaban J connectivity index is 1.81. The van der Waals surface area contributed by atoms with Crippen molar-refractivity contribution in [2.45, 2.75) is 31.8 Å². The summed E-state index contributed by atoms with van der Waals surface area (Å²) in [6, 6.07) is 1.19. The van der Waals surface area contributed by atoms with Crippen LogP contribution in [0.3, 0.4) is 0 Å². The molecule has 2 saturated heterocycles. The summed E-state index contributed by atoms with van der Waals surface area (Å²) in [5.41, 5.74) is 0. The molecule has 4 heteroatoms. The maximum atomic E-state index is 11.3. The molecule has 0 radical (unpaired) electrons. The lowest BCUT2D eigenvalue weighted by Crippen LogP contribution is -2.49. The summed E-state index contributed by atoms with van der Waals surface area (Å²) in [7, 11) is -0.556. The minimum atomic E-state index is -0.556. The maximum absolute atomic E-state index is 11.3. The van der Waals surface area contributed by atoms with Gasteiger partial charge in [-0.3, -0.25) is 9.11 Å². The Kier molecular flexibility index (Phi) is 3.57. The van der Waals surface area contributed by atoms with E-state index in [2.05, 4.69) is 17.1 Å². The van der Waals surface area contributed by atoms with Crippen LogP contribution in [0, 0.1) is 0 Å². The van der Waals surface area contributed by atoms with E-state index in [-0.39, 0.29) is 0 Å². The lowest BCUT2D eigenvalue weighted by Gasteiger charge is -2.34. The van der Waals surface area contributed by atoms with Gasteiger partial charge in [0.05, 0.1) is 0 Å². The van der Waals surface area contributed by atoms with Crippen LogP contribution in [0.1, 0.15) is 19.8 Å². The van der Waals surface area contributed by atoms with E-state index in [1.54, 1.807) is 0 Å². The highest BCUT2D eigenvalue weighted by molar-refractivity contribution is 7.85. The zero-order valence-electron chi connectivity index (χ0n) is 8.87. The van der Waals surface area contributed by atoms with Crippen LogP contribution in [0.25, 0.3) is 0 Å². The fourth-order valence-corrected chi connectivity index (χ4v) is 3.72. The summed E-state index contributed by atoms with van der Waals surface area (Å²) in [4.78, 5) is 2.49. The van der Waals surface area contributed by atoms with Crippen LogP contribution >= 0.6 is 0 Å². The second kappa shape index (κ2) is 4.73. The van der Waals surface area contributed by atoms with Crippen molar-refractivity contribution in [1.82, 2.24) is 10.2 Å². The van der Waals surface area contributed by atoms with Crippen LogP contribution in [-0.2, 0) is 10.8 Å². The van der Waals surface area contributed by atoms with E-state index in [0.717, 1.165) is 24.6 Å². The van der Waals surface area contributed by atoms with E-state index < -0.39 is 10.8 Å². The fourth-order valence-electron chi connectivity index (χ4n) is 2.36. The van der Waals surface area contributed by atoms with Gasteiger partial charge in [0.15, 0.2) is 0 Å². The monoisotopic (exact) mass is 216 g/mol. The minimum absolute atomic E-state index is 0.506. The maximum Gasteiger partial charge on any atom is 0.0388 e. The average molecular weight is 216 g/mol. The van der Waals surface area contributed by atoms with Crippen LogP contribution in [0.5, 0.6) is 0 Å². The van der Waals surface area contributed by atoms with Gasteiger partial charge in [-0.25, -0.2) is 0 Å². The van der Waals surface area contributed by atoms with Crippen molar-refractivity contribution in [3.63, 3.8) is 0 Å². The Morgan fingerprint density at radius 2 is 2.43 bits per heavy atom. The van der Waals surface area contributed by atoms with Crippen LogP contribution in [0.15, 0.2) is 0 Å². The van der Waals surface area contributed by atoms with E-state index in [0.29, 0.717) is 12.1 Å². The second-order valence-electron chi connectivity index (χ2n) is 4.45. The summed E-state index contributed by atoms with van der Waals surface area (Å²) >= 11 is 0. The molecular formula is C10H20N2OS. The van der Waals surface area contributed by atoms with E-state index in [1.807, 2.05) is 0 Å². The van der Waals surface area contributed by atoms with Gasteiger partial charge in [-0.2, -0.15) is 0 Å². The molecule has 0 saturated carbocycles. The van der Waals surface area contributed by atoms with Crippen molar-refractivity contribution in [3.05, 3.63) is 0 Å². The zero-order chi connectivity index (χ0) is 9.97. The number of nitrogens with one attached hydrogen (secondary N) is 1. The van der Waals surface area contributed by atoms with Crippen LogP contribution < -0.4 is 5.32 Å². The van der Waals surface area contributed by atoms with Gasteiger partial charge < -0.3 is 5.32 Å². The number of hydrogen-bond donors (Lipinski definition) is 1. The van der Waals surface area contributed by atoms with Crippen molar-refractivity contribution >= 4 is 10.8 Å². The quantitative estimate of drug-likeness (QED) is 0.715. The molecule has 3 atom stereocenters. The third-order valence-corrected chi connectivity index (χ3v) is 4.77. The Morgan fingerprint density at radius 3 is 3.07 bits per heavy atom. The molecule has 0 aliphatic carbocycles. The van der Waals surface area contributed by atoms with Crippen molar-refractivity contribution in [1.29, 1.82) is 0 Å².